The fourth-order valence-corrected chi connectivity index (χ4v) is 2.28. The molecule has 5 nitrogen and oxygen atoms in total. The molecule has 0 aromatic heterocycles. The van der Waals surface area contributed by atoms with E-state index >= 15 is 0 Å². The summed E-state index contributed by atoms with van der Waals surface area (Å²) in [5.41, 5.74) is 0.823. The first-order valence-electron chi connectivity index (χ1n) is 6.44. The highest BCUT2D eigenvalue weighted by molar-refractivity contribution is 5.80. The molecule has 1 aliphatic rings. The Kier molecular flexibility index (Phi) is 4.52. The van der Waals surface area contributed by atoms with Gasteiger partial charge in [-0.15, -0.1) is 0 Å². The molecular formula is C14H18N2O3. The third-order valence-electron chi connectivity index (χ3n) is 3.33. The van der Waals surface area contributed by atoms with Gasteiger partial charge in [-0.05, 0) is 18.5 Å². The van der Waals surface area contributed by atoms with Crippen LogP contribution in [0, 0.1) is 5.92 Å². The van der Waals surface area contributed by atoms with Gasteiger partial charge in [0.2, 0.25) is 5.91 Å². The van der Waals surface area contributed by atoms with E-state index < -0.39 is 12.0 Å². The van der Waals surface area contributed by atoms with Crippen molar-refractivity contribution < 1.29 is 14.7 Å². The fraction of sp³-hybridized carbons (Fsp3) is 0.429. The average molecular weight is 262 g/mol. The first-order valence-corrected chi connectivity index (χ1v) is 6.44. The highest BCUT2D eigenvalue weighted by Gasteiger charge is 2.25. The lowest BCUT2D eigenvalue weighted by Gasteiger charge is -2.19. The number of hydrogen-bond donors (Lipinski definition) is 3. The molecule has 1 fully saturated rings. The number of hydrogen-bond acceptors (Lipinski definition) is 3. The Bertz CT molecular complexity index is 441. The molecule has 102 valence electrons. The molecule has 0 spiro atoms. The fourth-order valence-electron chi connectivity index (χ4n) is 2.28. The van der Waals surface area contributed by atoms with Gasteiger partial charge < -0.3 is 15.7 Å². The van der Waals surface area contributed by atoms with Crippen molar-refractivity contribution in [1.82, 2.24) is 10.6 Å². The standard InChI is InChI=1S/C14H18N2O3/c17-13(18)8-12(10-4-2-1-3-5-10)16-14(19)11-6-7-15-9-11/h1-5,11-12,15H,6-9H2,(H,16,19)(H,17,18). The minimum Gasteiger partial charge on any atom is -0.481 e. The lowest BCUT2D eigenvalue weighted by molar-refractivity contribution is -0.137. The molecule has 0 aliphatic carbocycles. The minimum atomic E-state index is -0.918. The van der Waals surface area contributed by atoms with E-state index in [4.69, 9.17) is 5.11 Å². The second kappa shape index (κ2) is 6.33. The molecule has 1 aromatic rings. The summed E-state index contributed by atoms with van der Waals surface area (Å²) in [5, 5.41) is 14.9. The Morgan fingerprint density at radius 1 is 1.37 bits per heavy atom. The van der Waals surface area contributed by atoms with Crippen molar-refractivity contribution in [3.05, 3.63) is 35.9 Å². The summed E-state index contributed by atoms with van der Waals surface area (Å²) in [4.78, 5) is 23.0. The molecule has 0 radical (unpaired) electrons. The van der Waals surface area contributed by atoms with Crippen molar-refractivity contribution in [3.63, 3.8) is 0 Å². The number of benzene rings is 1. The second-order valence-electron chi connectivity index (χ2n) is 4.76. The van der Waals surface area contributed by atoms with Crippen LogP contribution in [0.25, 0.3) is 0 Å². The highest BCUT2D eigenvalue weighted by atomic mass is 16.4. The van der Waals surface area contributed by atoms with Gasteiger partial charge in [0, 0.05) is 6.54 Å². The number of carbonyl (C=O) groups excluding carboxylic acids is 1. The summed E-state index contributed by atoms with van der Waals surface area (Å²) in [6, 6.07) is 8.75. The molecule has 5 heteroatoms. The van der Waals surface area contributed by atoms with Gasteiger partial charge in [-0.3, -0.25) is 9.59 Å². The molecule has 1 aliphatic heterocycles. The maximum absolute atomic E-state index is 12.1. The predicted octanol–water partition coefficient (Wildman–Crippen LogP) is 0.928. The van der Waals surface area contributed by atoms with Gasteiger partial charge >= 0.3 is 5.97 Å². The van der Waals surface area contributed by atoms with Crippen molar-refractivity contribution in [3.8, 4) is 0 Å². The third kappa shape index (κ3) is 3.79. The minimum absolute atomic E-state index is 0.0555. The predicted molar refractivity (Wildman–Crippen MR) is 70.6 cm³/mol. The van der Waals surface area contributed by atoms with Gasteiger partial charge in [0.05, 0.1) is 18.4 Å². The number of carboxylic acids is 1. The van der Waals surface area contributed by atoms with Crippen LogP contribution in [0.2, 0.25) is 0 Å². The molecule has 1 saturated heterocycles. The van der Waals surface area contributed by atoms with Crippen LogP contribution in [-0.2, 0) is 9.59 Å². The highest BCUT2D eigenvalue weighted by Crippen LogP contribution is 2.18. The summed E-state index contributed by atoms with van der Waals surface area (Å²) < 4.78 is 0. The van der Waals surface area contributed by atoms with Gasteiger partial charge in [-0.1, -0.05) is 30.3 Å². The van der Waals surface area contributed by atoms with E-state index in [1.165, 1.54) is 0 Å². The average Bonchev–Trinajstić information content (AvgIpc) is 2.92. The monoisotopic (exact) mass is 262 g/mol. The molecule has 0 bridgehead atoms. The van der Waals surface area contributed by atoms with Gasteiger partial charge in [0.25, 0.3) is 0 Å². The van der Waals surface area contributed by atoms with Crippen LogP contribution >= 0.6 is 0 Å². The number of amides is 1. The maximum Gasteiger partial charge on any atom is 0.305 e. The van der Waals surface area contributed by atoms with E-state index in [-0.39, 0.29) is 18.2 Å². The molecule has 19 heavy (non-hydrogen) atoms. The zero-order valence-corrected chi connectivity index (χ0v) is 10.6. The van der Waals surface area contributed by atoms with Gasteiger partial charge in [0.1, 0.15) is 0 Å². The number of nitrogens with one attached hydrogen (secondary N) is 2. The Morgan fingerprint density at radius 2 is 2.11 bits per heavy atom. The zero-order chi connectivity index (χ0) is 13.7. The molecule has 2 unspecified atom stereocenters. The third-order valence-corrected chi connectivity index (χ3v) is 3.33. The smallest absolute Gasteiger partial charge is 0.305 e. The lowest BCUT2D eigenvalue weighted by Crippen LogP contribution is -2.35. The Morgan fingerprint density at radius 3 is 2.68 bits per heavy atom. The Hall–Kier alpha value is -1.88. The van der Waals surface area contributed by atoms with Gasteiger partial charge in [-0.2, -0.15) is 0 Å². The van der Waals surface area contributed by atoms with Crippen molar-refractivity contribution >= 4 is 11.9 Å². The SMILES string of the molecule is O=C(O)CC(NC(=O)C1CCNC1)c1ccccc1. The summed E-state index contributed by atoms with van der Waals surface area (Å²) in [7, 11) is 0. The summed E-state index contributed by atoms with van der Waals surface area (Å²) in [6.45, 7) is 1.51. The normalized spacial score (nSPS) is 19.9. The first kappa shape index (κ1) is 13.5. The summed E-state index contributed by atoms with van der Waals surface area (Å²) in [6.07, 6.45) is 0.705. The molecule has 2 rings (SSSR count). The van der Waals surface area contributed by atoms with Crippen LogP contribution in [0.5, 0.6) is 0 Å². The van der Waals surface area contributed by atoms with Crippen LogP contribution in [0.1, 0.15) is 24.4 Å². The lowest BCUT2D eigenvalue weighted by atomic mass is 10.0. The molecule has 2 atom stereocenters. The van der Waals surface area contributed by atoms with E-state index in [0.29, 0.717) is 6.54 Å². The Balaban J connectivity index is 2.05. The summed E-state index contributed by atoms with van der Waals surface area (Å²) in [5.74, 6) is -1.04. The van der Waals surface area contributed by atoms with Crippen molar-refractivity contribution in [2.75, 3.05) is 13.1 Å². The van der Waals surface area contributed by atoms with E-state index in [1.807, 2.05) is 30.3 Å². The number of carbonyl (C=O) groups is 2. The van der Waals surface area contributed by atoms with Crippen LogP contribution in [-0.4, -0.2) is 30.1 Å². The van der Waals surface area contributed by atoms with Gasteiger partial charge in [0.15, 0.2) is 0 Å². The molecule has 1 heterocycles. The topological polar surface area (TPSA) is 78.4 Å². The first-order chi connectivity index (χ1) is 9.16. The van der Waals surface area contributed by atoms with Crippen molar-refractivity contribution in [2.24, 2.45) is 5.92 Å². The second-order valence-corrected chi connectivity index (χ2v) is 4.76. The van der Waals surface area contributed by atoms with E-state index in [0.717, 1.165) is 18.5 Å². The van der Waals surface area contributed by atoms with E-state index in [1.54, 1.807) is 0 Å². The largest absolute Gasteiger partial charge is 0.481 e. The van der Waals surface area contributed by atoms with Crippen LogP contribution in [0.4, 0.5) is 0 Å². The number of carboxylic acid groups (broad SMARTS) is 1. The molecule has 0 saturated carbocycles. The van der Waals surface area contributed by atoms with E-state index in [9.17, 15) is 9.59 Å². The van der Waals surface area contributed by atoms with Crippen LogP contribution in [0.3, 0.4) is 0 Å². The maximum atomic E-state index is 12.1. The van der Waals surface area contributed by atoms with Gasteiger partial charge in [-0.25, -0.2) is 0 Å². The van der Waals surface area contributed by atoms with Crippen LogP contribution in [0.15, 0.2) is 30.3 Å². The molecule has 3 N–H and O–H groups in total. The quantitative estimate of drug-likeness (QED) is 0.737. The van der Waals surface area contributed by atoms with Crippen molar-refractivity contribution in [2.45, 2.75) is 18.9 Å². The molecule has 1 aromatic carbocycles. The number of rotatable bonds is 5. The van der Waals surface area contributed by atoms with Crippen LogP contribution < -0.4 is 10.6 Å². The Labute approximate surface area is 112 Å². The summed E-state index contributed by atoms with van der Waals surface area (Å²) >= 11 is 0. The molecule has 1 amide bonds. The van der Waals surface area contributed by atoms with Crippen molar-refractivity contribution in [1.29, 1.82) is 0 Å². The molecular weight excluding hydrogens is 244 g/mol. The zero-order valence-electron chi connectivity index (χ0n) is 10.6. The number of aliphatic carboxylic acids is 1. The van der Waals surface area contributed by atoms with E-state index in [2.05, 4.69) is 10.6 Å².